The fourth-order valence-corrected chi connectivity index (χ4v) is 2.41. The molecule has 0 radical (unpaired) electrons. The molecular weight excluding hydrogens is 206 g/mol. The summed E-state index contributed by atoms with van der Waals surface area (Å²) in [4.78, 5) is 11.1. The van der Waals surface area contributed by atoms with E-state index in [2.05, 4.69) is 4.74 Å². The fraction of sp³-hybridized carbons (Fsp3) is 0.875. The fourth-order valence-electron chi connectivity index (χ4n) is 1.25. The third-order valence-corrected chi connectivity index (χ3v) is 4.32. The van der Waals surface area contributed by atoms with Gasteiger partial charge in [0.2, 0.25) is 0 Å². The summed E-state index contributed by atoms with van der Waals surface area (Å²) in [5.41, 5.74) is 0. The minimum absolute atomic E-state index is 0. The van der Waals surface area contributed by atoms with Gasteiger partial charge in [-0.1, -0.05) is 0 Å². The average Bonchev–Trinajstić information content (AvgIpc) is 2.20. The van der Waals surface area contributed by atoms with Gasteiger partial charge in [-0.3, -0.25) is 0 Å². The second-order valence-electron chi connectivity index (χ2n) is 2.71. The lowest BCUT2D eigenvalue weighted by atomic mass is 10.5. The van der Waals surface area contributed by atoms with E-state index in [1.54, 1.807) is 0 Å². The van der Waals surface area contributed by atoms with Gasteiger partial charge >= 0.3 is 16.3 Å². The number of carbonyl (C=O) groups excluding carboxylic acids is 1. The highest BCUT2D eigenvalue weighted by atomic mass is 32.2. The molecule has 86 valence electrons. The molecule has 0 saturated heterocycles. The Kier molecular flexibility index (Phi) is 7.90. The van der Waals surface area contributed by atoms with Gasteiger partial charge < -0.3 is 10.2 Å². The largest absolute Gasteiger partial charge is 0.870 e. The van der Waals surface area contributed by atoms with Crippen molar-refractivity contribution < 1.29 is 23.1 Å². The summed E-state index contributed by atoms with van der Waals surface area (Å²) in [7, 11) is -0.325. The van der Waals surface area contributed by atoms with Gasteiger partial charge in [0.05, 0.1) is 26.7 Å². The number of rotatable bonds is 4. The third kappa shape index (κ3) is 3.04. The first kappa shape index (κ1) is 16.0. The number of quaternary nitrogens is 1. The van der Waals surface area contributed by atoms with Crippen molar-refractivity contribution in [1.29, 1.82) is 0 Å². The Morgan fingerprint density at radius 3 is 1.79 bits per heavy atom. The maximum absolute atomic E-state index is 11.7. The molecule has 1 atom stereocenters. The topological polar surface area (TPSA) is 73.4 Å². The standard InChI is InChI=1S/C8H18NO3S.H2O/c1-5-9(6-2,7-3)13(11)8(10)12-4;/h5-7H2,1-4H3;1H2/q+1;/p-1. The van der Waals surface area contributed by atoms with Crippen molar-refractivity contribution in [3.05, 3.63) is 0 Å². The van der Waals surface area contributed by atoms with Crippen molar-refractivity contribution in [3.63, 3.8) is 0 Å². The van der Waals surface area contributed by atoms with Crippen LogP contribution in [-0.4, -0.2) is 45.6 Å². The molecule has 0 aliphatic carbocycles. The number of methoxy groups -OCH3 is 1. The molecule has 0 aromatic carbocycles. The van der Waals surface area contributed by atoms with Gasteiger partial charge in [-0.15, -0.1) is 0 Å². The zero-order chi connectivity index (χ0) is 10.5. The van der Waals surface area contributed by atoms with E-state index in [4.69, 9.17) is 0 Å². The van der Waals surface area contributed by atoms with Crippen molar-refractivity contribution in [3.8, 4) is 0 Å². The van der Waals surface area contributed by atoms with Crippen molar-refractivity contribution in [2.24, 2.45) is 0 Å². The van der Waals surface area contributed by atoms with E-state index >= 15 is 0 Å². The number of hydrogen-bond donors (Lipinski definition) is 0. The van der Waals surface area contributed by atoms with Gasteiger partial charge in [-0.2, -0.15) is 4.21 Å². The lowest BCUT2D eigenvalue weighted by Crippen LogP contribution is -2.51. The molecule has 0 heterocycles. The van der Waals surface area contributed by atoms with Gasteiger partial charge in [-0.25, -0.2) is 8.68 Å². The van der Waals surface area contributed by atoms with Crippen LogP contribution in [0.1, 0.15) is 20.8 Å². The highest BCUT2D eigenvalue weighted by Gasteiger charge is 2.36. The van der Waals surface area contributed by atoms with Crippen molar-refractivity contribution in [2.45, 2.75) is 20.8 Å². The first-order valence-corrected chi connectivity index (χ1v) is 5.55. The number of carbonyl (C=O) groups is 1. The summed E-state index contributed by atoms with van der Waals surface area (Å²) < 4.78 is 16.5. The molecule has 0 aliphatic rings. The lowest BCUT2D eigenvalue weighted by Gasteiger charge is -2.30. The monoisotopic (exact) mass is 225 g/mol. The molecule has 0 amide bonds. The maximum Gasteiger partial charge on any atom is 0.453 e. The minimum atomic E-state index is -1.58. The van der Waals surface area contributed by atoms with E-state index in [9.17, 15) is 9.00 Å². The van der Waals surface area contributed by atoms with Crippen LogP contribution < -0.4 is 0 Å². The van der Waals surface area contributed by atoms with Crippen LogP contribution in [0.2, 0.25) is 0 Å². The summed E-state index contributed by atoms with van der Waals surface area (Å²) in [6, 6.07) is 0. The average molecular weight is 225 g/mol. The number of ether oxygens (including phenoxy) is 1. The number of nitrogens with zero attached hydrogens (tertiary/aromatic N) is 1. The van der Waals surface area contributed by atoms with Crippen LogP contribution in [-0.2, 0) is 15.7 Å². The Morgan fingerprint density at radius 1 is 1.21 bits per heavy atom. The van der Waals surface area contributed by atoms with E-state index in [0.717, 1.165) is 0 Å². The zero-order valence-electron chi connectivity index (χ0n) is 9.15. The van der Waals surface area contributed by atoms with Gasteiger partial charge in [-0.05, 0) is 20.8 Å². The Labute approximate surface area is 87.5 Å². The SMILES string of the molecule is CC[N+](CC)(CC)S(=O)C(=O)OC.[OH-]. The number of hydrogen-bond acceptors (Lipinski definition) is 4. The Balaban J connectivity index is 0. The minimum Gasteiger partial charge on any atom is -0.870 e. The zero-order valence-corrected chi connectivity index (χ0v) is 9.97. The molecule has 0 rings (SSSR count). The molecule has 0 fully saturated rings. The highest BCUT2D eigenvalue weighted by Crippen LogP contribution is 2.12. The van der Waals surface area contributed by atoms with Crippen molar-refractivity contribution >= 4 is 16.3 Å². The van der Waals surface area contributed by atoms with Gasteiger partial charge in [0.25, 0.3) is 0 Å². The molecular formula is C8H19NO4S. The van der Waals surface area contributed by atoms with E-state index in [1.165, 1.54) is 7.11 Å². The van der Waals surface area contributed by atoms with Gasteiger partial charge in [0, 0.05) is 0 Å². The maximum atomic E-state index is 11.7. The van der Waals surface area contributed by atoms with Crippen LogP contribution >= 0.6 is 0 Å². The summed E-state index contributed by atoms with van der Waals surface area (Å²) in [6.07, 6.45) is 0. The molecule has 0 spiro atoms. The van der Waals surface area contributed by atoms with Crippen LogP contribution in [0.3, 0.4) is 0 Å². The third-order valence-electron chi connectivity index (χ3n) is 2.39. The predicted molar refractivity (Wildman–Crippen MR) is 54.4 cm³/mol. The normalized spacial score (nSPS) is 12.9. The summed E-state index contributed by atoms with van der Waals surface area (Å²) in [5.74, 6) is 0. The molecule has 0 aromatic heterocycles. The molecule has 0 saturated carbocycles. The predicted octanol–water partition coefficient (Wildman–Crippen LogP) is 1.12. The van der Waals surface area contributed by atoms with Crippen molar-refractivity contribution in [1.82, 2.24) is 0 Å². The highest BCUT2D eigenvalue weighted by molar-refractivity contribution is 7.94. The molecule has 1 N–H and O–H groups in total. The molecule has 0 bridgehead atoms. The van der Waals surface area contributed by atoms with Gasteiger partial charge in [0.1, 0.15) is 0 Å². The smallest absolute Gasteiger partial charge is 0.453 e. The molecule has 6 heteroatoms. The quantitative estimate of drug-likeness (QED) is 0.530. The van der Waals surface area contributed by atoms with E-state index < -0.39 is 16.3 Å². The van der Waals surface area contributed by atoms with Crippen LogP contribution in [0.15, 0.2) is 0 Å². The summed E-state index contributed by atoms with van der Waals surface area (Å²) >= 11 is 0. The van der Waals surface area contributed by atoms with Crippen LogP contribution in [0.5, 0.6) is 0 Å². The molecule has 1 unspecified atom stereocenters. The van der Waals surface area contributed by atoms with Crippen molar-refractivity contribution in [2.75, 3.05) is 26.7 Å². The van der Waals surface area contributed by atoms with Crippen LogP contribution in [0, 0.1) is 0 Å². The molecule has 5 nitrogen and oxygen atoms in total. The molecule has 0 aliphatic heterocycles. The van der Waals surface area contributed by atoms with Crippen LogP contribution in [0.25, 0.3) is 0 Å². The second-order valence-corrected chi connectivity index (χ2v) is 4.32. The van der Waals surface area contributed by atoms with E-state index in [-0.39, 0.29) is 9.36 Å². The molecule has 14 heavy (non-hydrogen) atoms. The van der Waals surface area contributed by atoms with Gasteiger partial charge in [0.15, 0.2) is 0 Å². The first-order chi connectivity index (χ1) is 6.07. The Morgan fingerprint density at radius 2 is 1.57 bits per heavy atom. The Hall–Kier alpha value is -0.460. The summed E-state index contributed by atoms with van der Waals surface area (Å²) in [5, 5.41) is -0.634. The first-order valence-electron chi connectivity index (χ1n) is 4.44. The molecule has 0 aromatic rings. The van der Waals surface area contributed by atoms with E-state index in [1.807, 2.05) is 20.8 Å². The second kappa shape index (κ2) is 6.92. The Bertz CT molecular complexity index is 195. The van der Waals surface area contributed by atoms with E-state index in [0.29, 0.717) is 19.6 Å². The lowest BCUT2D eigenvalue weighted by molar-refractivity contribution is -0.794. The summed E-state index contributed by atoms with van der Waals surface area (Å²) in [6.45, 7) is 7.80. The van der Waals surface area contributed by atoms with Crippen LogP contribution in [0.4, 0.5) is 4.79 Å².